The first kappa shape index (κ1) is 19.4. The van der Waals surface area contributed by atoms with Crippen molar-refractivity contribution in [2.75, 3.05) is 0 Å². The van der Waals surface area contributed by atoms with Gasteiger partial charge < -0.3 is 0 Å². The molecule has 0 spiro atoms. The zero-order valence-corrected chi connectivity index (χ0v) is 20.0. The molecule has 0 aliphatic rings. The molecule has 0 heterocycles. The van der Waals surface area contributed by atoms with Gasteiger partial charge in [0.05, 0.1) is 0 Å². The first-order valence-electron chi connectivity index (χ1n) is 10.8. The molecule has 6 rings (SSSR count). The topological polar surface area (TPSA) is 17.1 Å². The summed E-state index contributed by atoms with van der Waals surface area (Å²) in [6.45, 7) is 0. The van der Waals surface area contributed by atoms with E-state index in [1.807, 2.05) is 36.4 Å². The summed E-state index contributed by atoms with van der Waals surface area (Å²) in [6.07, 6.45) is 0. The Balaban J connectivity index is 1.82. The average Bonchev–Trinajstić information content (AvgIpc) is 2.87. The van der Waals surface area contributed by atoms with Gasteiger partial charge in [0, 0.05) is 0 Å². The maximum atomic E-state index is 15.7. The Morgan fingerprint density at radius 1 is 0.344 bits per heavy atom. The van der Waals surface area contributed by atoms with Crippen molar-refractivity contribution in [2.45, 2.75) is 0 Å². The van der Waals surface area contributed by atoms with Crippen molar-refractivity contribution in [3.05, 3.63) is 127 Å². The van der Waals surface area contributed by atoms with Crippen LogP contribution in [0, 0.1) is 0 Å². The fourth-order valence-electron chi connectivity index (χ4n) is 4.84. The van der Waals surface area contributed by atoms with E-state index in [0.717, 1.165) is 42.8 Å². The summed E-state index contributed by atoms with van der Waals surface area (Å²) >= 11 is -4.52. The summed E-state index contributed by atoms with van der Waals surface area (Å²) in [4.78, 5) is 0. The normalized spacial score (nSPS) is 11.9. The molecule has 0 bridgehead atoms. The van der Waals surface area contributed by atoms with E-state index in [1.165, 1.54) is 0 Å². The quantitative estimate of drug-likeness (QED) is 0.281. The van der Waals surface area contributed by atoms with E-state index in [9.17, 15) is 0 Å². The molecule has 0 aromatic heterocycles. The number of fused-ring (bicyclic) bond motifs is 3. The zero-order chi connectivity index (χ0) is 21.5. The van der Waals surface area contributed by atoms with Gasteiger partial charge in [0.25, 0.3) is 0 Å². The van der Waals surface area contributed by atoms with Crippen LogP contribution in [-0.2, 0) is 3.02 Å². The fourth-order valence-corrected chi connectivity index (χ4v) is 14.2. The van der Waals surface area contributed by atoms with Gasteiger partial charge in [-0.2, -0.15) is 0 Å². The Morgan fingerprint density at radius 2 is 0.625 bits per heavy atom. The van der Waals surface area contributed by atoms with Crippen molar-refractivity contribution in [2.24, 2.45) is 0 Å². The Hall–Kier alpha value is -3.28. The van der Waals surface area contributed by atoms with E-state index in [2.05, 4.69) is 91.0 Å². The van der Waals surface area contributed by atoms with E-state index >= 15 is 3.02 Å². The molecule has 6 aromatic carbocycles. The van der Waals surface area contributed by atoms with Gasteiger partial charge in [0.2, 0.25) is 0 Å². The molecule has 0 aliphatic carbocycles. The van der Waals surface area contributed by atoms with Crippen LogP contribution in [0.15, 0.2) is 127 Å². The van der Waals surface area contributed by atoms with Crippen LogP contribution in [0.25, 0.3) is 32.3 Å². The van der Waals surface area contributed by atoms with Crippen molar-refractivity contribution < 1.29 is 3.02 Å². The molecule has 0 unspecified atom stereocenters. The second kappa shape index (κ2) is 7.69. The van der Waals surface area contributed by atoms with Crippen LogP contribution in [0.3, 0.4) is 0 Å². The van der Waals surface area contributed by atoms with Gasteiger partial charge in [-0.15, -0.1) is 0 Å². The van der Waals surface area contributed by atoms with E-state index in [-0.39, 0.29) is 0 Å². The van der Waals surface area contributed by atoms with Gasteiger partial charge in [-0.05, 0) is 0 Å². The average molecular weight is 519 g/mol. The van der Waals surface area contributed by atoms with Crippen molar-refractivity contribution in [1.82, 2.24) is 0 Å². The van der Waals surface area contributed by atoms with E-state index in [1.54, 1.807) is 0 Å². The van der Waals surface area contributed by atoms with Gasteiger partial charge in [-0.3, -0.25) is 0 Å². The van der Waals surface area contributed by atoms with Crippen LogP contribution in [-0.4, -0.2) is 18.8 Å². The fraction of sp³-hybridized carbons (Fsp3) is 0. The van der Waals surface area contributed by atoms with Crippen LogP contribution in [0.1, 0.15) is 0 Å². The zero-order valence-electron chi connectivity index (χ0n) is 17.5. The van der Waals surface area contributed by atoms with Crippen LogP contribution < -0.4 is 10.5 Å². The van der Waals surface area contributed by atoms with Gasteiger partial charge >= 0.3 is 192 Å². The first-order valence-corrected chi connectivity index (χ1v) is 15.7. The predicted molar refractivity (Wildman–Crippen MR) is 137 cm³/mol. The molecule has 0 saturated carbocycles. The SMILES string of the molecule is [O]=[Sb]([c]1cccc2ccccc12)([c]1cccc2ccccc12)[c]1cccc2ccccc12. The Morgan fingerprint density at radius 3 is 0.969 bits per heavy atom. The number of rotatable bonds is 3. The molecule has 32 heavy (non-hydrogen) atoms. The van der Waals surface area contributed by atoms with Crippen molar-refractivity contribution >= 4 is 61.6 Å². The number of hydrogen-bond donors (Lipinski definition) is 0. The minimum atomic E-state index is -4.52. The third kappa shape index (κ3) is 2.93. The molecule has 1 nitrogen and oxygen atoms in total. The van der Waals surface area contributed by atoms with Crippen LogP contribution >= 0.6 is 0 Å². The summed E-state index contributed by atoms with van der Waals surface area (Å²) in [5, 5.41) is 6.62. The van der Waals surface area contributed by atoms with Gasteiger partial charge in [0.15, 0.2) is 0 Å². The molecule has 6 aromatic rings. The molecule has 0 atom stereocenters. The third-order valence-electron chi connectivity index (χ3n) is 6.32. The summed E-state index contributed by atoms with van der Waals surface area (Å²) in [7, 11) is 0. The molecule has 0 fully saturated rings. The van der Waals surface area contributed by atoms with Crippen molar-refractivity contribution in [3.8, 4) is 0 Å². The second-order valence-corrected chi connectivity index (χ2v) is 15.7. The Bertz CT molecular complexity index is 1450. The van der Waals surface area contributed by atoms with E-state index in [4.69, 9.17) is 0 Å². The van der Waals surface area contributed by atoms with Gasteiger partial charge in [0.1, 0.15) is 0 Å². The molecule has 0 radical (unpaired) electrons. The molecule has 0 aliphatic heterocycles. The maximum absolute atomic E-state index is 15.7. The van der Waals surface area contributed by atoms with E-state index < -0.39 is 18.8 Å². The summed E-state index contributed by atoms with van der Waals surface area (Å²) in [5.41, 5.74) is 0. The molecule has 0 N–H and O–H groups in total. The molecule has 2 heteroatoms. The Labute approximate surface area is 191 Å². The molecule has 152 valence electrons. The van der Waals surface area contributed by atoms with Crippen molar-refractivity contribution in [1.29, 1.82) is 0 Å². The number of benzene rings is 6. The van der Waals surface area contributed by atoms with Crippen LogP contribution in [0.2, 0.25) is 0 Å². The summed E-state index contributed by atoms with van der Waals surface area (Å²) in [5.74, 6) is 0. The monoisotopic (exact) mass is 518 g/mol. The second-order valence-electron chi connectivity index (χ2n) is 8.10. The van der Waals surface area contributed by atoms with Crippen molar-refractivity contribution in [3.63, 3.8) is 0 Å². The van der Waals surface area contributed by atoms with E-state index in [0.29, 0.717) is 0 Å². The molecular weight excluding hydrogens is 498 g/mol. The molecule has 0 amide bonds. The Kier molecular flexibility index (Phi) is 4.67. The summed E-state index contributed by atoms with van der Waals surface area (Å²) in [6, 6.07) is 43.7. The predicted octanol–water partition coefficient (Wildman–Crippen LogP) is 5.54. The van der Waals surface area contributed by atoms with Gasteiger partial charge in [-0.1, -0.05) is 0 Å². The summed E-state index contributed by atoms with van der Waals surface area (Å²) < 4.78 is 18.7. The van der Waals surface area contributed by atoms with Gasteiger partial charge in [-0.25, -0.2) is 0 Å². The standard InChI is InChI=1S/3C10H7.O.Sb/c3*1-2-6-10-8-4-3-7-9(10)5-1;;/h3*1-7H;;. The minimum absolute atomic E-state index is 0.981. The van der Waals surface area contributed by atoms with Crippen LogP contribution in [0.5, 0.6) is 0 Å². The third-order valence-corrected chi connectivity index (χ3v) is 15.5. The molecular formula is C30H21OSb. The molecule has 0 saturated heterocycles. The first-order chi connectivity index (χ1) is 15.8. The number of hydrogen-bond acceptors (Lipinski definition) is 1. The van der Waals surface area contributed by atoms with Crippen LogP contribution in [0.4, 0.5) is 0 Å².